The summed E-state index contributed by atoms with van der Waals surface area (Å²) in [5.74, 6) is 0. The highest BCUT2D eigenvalue weighted by Gasteiger charge is 2.39. The third-order valence-corrected chi connectivity index (χ3v) is 6.22. The molecular formula is C26H50O5. The molecule has 1 saturated heterocycles. The van der Waals surface area contributed by atoms with Gasteiger partial charge in [-0.2, -0.15) is 0 Å². The Hall–Kier alpha value is -0.460. The fourth-order valence-electron chi connectivity index (χ4n) is 4.15. The maximum atomic E-state index is 10.0. The summed E-state index contributed by atoms with van der Waals surface area (Å²) in [6.45, 7) is 2.58. The van der Waals surface area contributed by atoms with Crippen LogP contribution in [0.2, 0.25) is 0 Å². The molecule has 3 N–H and O–H groups in total. The van der Waals surface area contributed by atoms with Gasteiger partial charge in [-0.1, -0.05) is 96.1 Å². The van der Waals surface area contributed by atoms with E-state index in [-0.39, 0.29) is 13.2 Å². The second-order valence-electron chi connectivity index (χ2n) is 9.09. The summed E-state index contributed by atoms with van der Waals surface area (Å²) in [7, 11) is 0. The maximum Gasteiger partial charge on any atom is 0.114 e. The number of unbranched alkanes of at least 4 members (excludes halogenated alkanes) is 14. The summed E-state index contributed by atoms with van der Waals surface area (Å²) in [6, 6.07) is 0. The number of aliphatic hydroxyl groups excluding tert-OH is 3. The van der Waals surface area contributed by atoms with Crippen molar-refractivity contribution >= 4 is 0 Å². The topological polar surface area (TPSA) is 79.2 Å². The lowest BCUT2D eigenvalue weighted by Gasteiger charge is -2.37. The number of rotatable bonds is 20. The first-order valence-electron chi connectivity index (χ1n) is 13.1. The van der Waals surface area contributed by atoms with Crippen molar-refractivity contribution in [1.29, 1.82) is 0 Å². The van der Waals surface area contributed by atoms with Gasteiger partial charge in [0.15, 0.2) is 0 Å². The Labute approximate surface area is 191 Å². The minimum absolute atomic E-state index is 0.0359. The van der Waals surface area contributed by atoms with E-state index in [0.29, 0.717) is 6.61 Å². The summed E-state index contributed by atoms with van der Waals surface area (Å²) in [6.07, 6.45) is 22.3. The molecule has 31 heavy (non-hydrogen) atoms. The van der Waals surface area contributed by atoms with Gasteiger partial charge in [0.25, 0.3) is 0 Å². The average molecular weight is 443 g/mol. The molecule has 0 amide bonds. The fourth-order valence-corrected chi connectivity index (χ4v) is 4.15. The van der Waals surface area contributed by atoms with Gasteiger partial charge in [-0.05, 0) is 25.7 Å². The molecule has 0 bridgehead atoms. The first-order valence-corrected chi connectivity index (χ1v) is 13.1. The van der Waals surface area contributed by atoms with E-state index < -0.39 is 24.4 Å². The minimum atomic E-state index is -1.00. The highest BCUT2D eigenvalue weighted by molar-refractivity contribution is 4.88. The van der Waals surface area contributed by atoms with Crippen LogP contribution < -0.4 is 0 Å². The average Bonchev–Trinajstić information content (AvgIpc) is 2.78. The predicted molar refractivity (Wildman–Crippen MR) is 127 cm³/mol. The molecule has 1 fully saturated rings. The zero-order chi connectivity index (χ0) is 22.6. The Morgan fingerprint density at radius 1 is 0.774 bits per heavy atom. The van der Waals surface area contributed by atoms with Crippen LogP contribution in [0.25, 0.3) is 0 Å². The standard InChI is InChI=1S/C26H50O5/c1-2-3-4-5-6-7-8-9-10-11-12-13-14-15-16-17-18-19-20-30-26-24(21-27)31-22-23(28)25(26)29/h16-17,23-29H,2-15,18-22H2,1H3/b17-16+/t23-,24+,25+,26+/m0/s1. The van der Waals surface area contributed by atoms with Crippen LogP contribution >= 0.6 is 0 Å². The molecule has 4 atom stereocenters. The van der Waals surface area contributed by atoms with Crippen LogP contribution in [0.4, 0.5) is 0 Å². The molecule has 5 heteroatoms. The van der Waals surface area contributed by atoms with E-state index in [9.17, 15) is 15.3 Å². The summed E-state index contributed by atoms with van der Waals surface area (Å²) in [5, 5.41) is 29.0. The zero-order valence-corrected chi connectivity index (χ0v) is 20.1. The van der Waals surface area contributed by atoms with Crippen molar-refractivity contribution in [3.05, 3.63) is 12.2 Å². The third kappa shape index (κ3) is 14.3. The van der Waals surface area contributed by atoms with E-state index >= 15 is 0 Å². The van der Waals surface area contributed by atoms with Crippen LogP contribution in [-0.2, 0) is 9.47 Å². The van der Waals surface area contributed by atoms with Gasteiger partial charge in [0.05, 0.1) is 13.2 Å². The van der Waals surface area contributed by atoms with Crippen molar-refractivity contribution in [2.45, 2.75) is 134 Å². The van der Waals surface area contributed by atoms with Crippen molar-refractivity contribution in [2.75, 3.05) is 19.8 Å². The smallest absolute Gasteiger partial charge is 0.114 e. The number of ether oxygens (including phenoxy) is 2. The van der Waals surface area contributed by atoms with Gasteiger partial charge in [0.1, 0.15) is 24.4 Å². The monoisotopic (exact) mass is 442 g/mol. The lowest BCUT2D eigenvalue weighted by Crippen LogP contribution is -2.55. The summed E-state index contributed by atoms with van der Waals surface area (Å²) in [4.78, 5) is 0. The number of hydrogen-bond acceptors (Lipinski definition) is 5. The van der Waals surface area contributed by atoms with Crippen LogP contribution in [0.15, 0.2) is 12.2 Å². The minimum Gasteiger partial charge on any atom is -0.394 e. The molecule has 0 spiro atoms. The van der Waals surface area contributed by atoms with Gasteiger partial charge in [-0.25, -0.2) is 0 Å². The lowest BCUT2D eigenvalue weighted by atomic mass is 10.0. The highest BCUT2D eigenvalue weighted by atomic mass is 16.6. The Kier molecular flexibility index (Phi) is 18.6. The molecule has 0 radical (unpaired) electrons. The molecule has 0 aromatic carbocycles. The maximum absolute atomic E-state index is 10.0. The van der Waals surface area contributed by atoms with Crippen LogP contribution in [0.5, 0.6) is 0 Å². The van der Waals surface area contributed by atoms with E-state index in [1.54, 1.807) is 0 Å². The zero-order valence-electron chi connectivity index (χ0n) is 20.1. The molecule has 0 aromatic heterocycles. The van der Waals surface area contributed by atoms with Crippen molar-refractivity contribution in [3.63, 3.8) is 0 Å². The first kappa shape index (κ1) is 28.6. The fraction of sp³-hybridized carbons (Fsp3) is 0.923. The van der Waals surface area contributed by atoms with Crippen molar-refractivity contribution in [1.82, 2.24) is 0 Å². The Balaban J connectivity index is 1.85. The van der Waals surface area contributed by atoms with E-state index in [1.165, 1.54) is 83.5 Å². The molecule has 0 unspecified atom stereocenters. The number of allylic oxidation sites excluding steroid dienone is 2. The number of hydrogen-bond donors (Lipinski definition) is 3. The molecule has 0 saturated carbocycles. The van der Waals surface area contributed by atoms with Crippen molar-refractivity contribution in [2.24, 2.45) is 0 Å². The Morgan fingerprint density at radius 3 is 1.84 bits per heavy atom. The molecule has 0 aromatic rings. The van der Waals surface area contributed by atoms with E-state index in [0.717, 1.165) is 19.3 Å². The quantitative estimate of drug-likeness (QED) is 0.176. The van der Waals surface area contributed by atoms with E-state index in [4.69, 9.17) is 9.47 Å². The van der Waals surface area contributed by atoms with E-state index in [2.05, 4.69) is 19.1 Å². The molecular weight excluding hydrogens is 392 g/mol. The molecule has 1 heterocycles. The third-order valence-electron chi connectivity index (χ3n) is 6.22. The molecule has 0 aliphatic carbocycles. The molecule has 1 aliphatic heterocycles. The van der Waals surface area contributed by atoms with Crippen LogP contribution in [-0.4, -0.2) is 59.6 Å². The summed E-state index contributed by atoms with van der Waals surface area (Å²) in [5.41, 5.74) is 0. The summed E-state index contributed by atoms with van der Waals surface area (Å²) < 4.78 is 11.0. The van der Waals surface area contributed by atoms with Gasteiger partial charge < -0.3 is 24.8 Å². The number of aliphatic hydroxyl groups is 3. The molecule has 184 valence electrons. The van der Waals surface area contributed by atoms with E-state index in [1.807, 2.05) is 0 Å². The van der Waals surface area contributed by atoms with Gasteiger partial charge in [-0.3, -0.25) is 0 Å². The molecule has 1 aliphatic rings. The Morgan fingerprint density at radius 2 is 1.29 bits per heavy atom. The van der Waals surface area contributed by atoms with Gasteiger partial charge in [0.2, 0.25) is 0 Å². The van der Waals surface area contributed by atoms with Crippen LogP contribution in [0.1, 0.15) is 110 Å². The van der Waals surface area contributed by atoms with Gasteiger partial charge in [0, 0.05) is 6.61 Å². The SMILES string of the molecule is CCCCCCCCCCCCCCC/C=C/CCCO[C@H]1[C@H](O)[C@@H](O)CO[C@@H]1CO. The highest BCUT2D eigenvalue weighted by Crippen LogP contribution is 2.19. The molecule has 5 nitrogen and oxygen atoms in total. The predicted octanol–water partition coefficient (Wildman–Crippen LogP) is 5.30. The van der Waals surface area contributed by atoms with Gasteiger partial charge in [-0.15, -0.1) is 0 Å². The van der Waals surface area contributed by atoms with Crippen LogP contribution in [0, 0.1) is 0 Å². The van der Waals surface area contributed by atoms with Crippen molar-refractivity contribution in [3.8, 4) is 0 Å². The normalized spacial score (nSPS) is 24.3. The van der Waals surface area contributed by atoms with Crippen LogP contribution in [0.3, 0.4) is 0 Å². The Bertz CT molecular complexity index is 413. The summed E-state index contributed by atoms with van der Waals surface area (Å²) >= 11 is 0. The second kappa shape index (κ2) is 20.2. The lowest BCUT2D eigenvalue weighted by molar-refractivity contribution is -0.211. The second-order valence-corrected chi connectivity index (χ2v) is 9.09. The van der Waals surface area contributed by atoms with Crippen molar-refractivity contribution < 1.29 is 24.8 Å². The molecule has 1 rings (SSSR count). The van der Waals surface area contributed by atoms with Gasteiger partial charge >= 0.3 is 0 Å². The largest absolute Gasteiger partial charge is 0.394 e. The first-order chi connectivity index (χ1) is 15.2.